The van der Waals surface area contributed by atoms with Crippen molar-refractivity contribution in [3.63, 3.8) is 0 Å². The molecule has 1 saturated heterocycles. The maximum Gasteiger partial charge on any atom is 0.307 e. The van der Waals surface area contributed by atoms with Gasteiger partial charge in [0.15, 0.2) is 5.78 Å². The Morgan fingerprint density at radius 3 is 2.79 bits per heavy atom. The summed E-state index contributed by atoms with van der Waals surface area (Å²) in [6, 6.07) is 7.52. The second-order valence-corrected chi connectivity index (χ2v) is 5.15. The lowest BCUT2D eigenvalue weighted by atomic mass is 9.97. The number of hydrogen-bond donors (Lipinski definition) is 1. The zero-order valence-corrected chi connectivity index (χ0v) is 11.1. The summed E-state index contributed by atoms with van der Waals surface area (Å²) in [5, 5.41) is 9.04. The minimum absolute atomic E-state index is 0.0733. The molecule has 4 heteroatoms. The van der Waals surface area contributed by atoms with Crippen LogP contribution in [0.5, 0.6) is 0 Å². The third-order valence-corrected chi connectivity index (χ3v) is 3.67. The van der Waals surface area contributed by atoms with Gasteiger partial charge in [0.1, 0.15) is 0 Å². The second kappa shape index (κ2) is 5.97. The van der Waals surface area contributed by atoms with Crippen molar-refractivity contribution >= 4 is 11.8 Å². The summed E-state index contributed by atoms with van der Waals surface area (Å²) in [6.07, 6.45) is 1.56. The van der Waals surface area contributed by atoms with Gasteiger partial charge in [-0.3, -0.25) is 14.5 Å². The lowest BCUT2D eigenvalue weighted by Gasteiger charge is -2.30. The fourth-order valence-electron chi connectivity index (χ4n) is 2.57. The molecule has 1 aromatic carbocycles. The minimum atomic E-state index is -0.756. The van der Waals surface area contributed by atoms with Crippen molar-refractivity contribution < 1.29 is 14.7 Å². The maximum absolute atomic E-state index is 12.2. The molecule has 1 fully saturated rings. The fourth-order valence-corrected chi connectivity index (χ4v) is 2.57. The average molecular weight is 261 g/mol. The number of hydrogen-bond acceptors (Lipinski definition) is 3. The molecule has 1 aromatic rings. The van der Waals surface area contributed by atoms with Gasteiger partial charge in [-0.25, -0.2) is 0 Å². The van der Waals surface area contributed by atoms with E-state index >= 15 is 0 Å². The van der Waals surface area contributed by atoms with E-state index in [-0.39, 0.29) is 11.7 Å². The van der Waals surface area contributed by atoms with Gasteiger partial charge in [-0.1, -0.05) is 24.3 Å². The van der Waals surface area contributed by atoms with E-state index in [1.807, 2.05) is 36.1 Å². The van der Waals surface area contributed by atoms with Crippen LogP contribution in [0.4, 0.5) is 0 Å². The Morgan fingerprint density at radius 1 is 1.37 bits per heavy atom. The molecule has 1 heterocycles. The molecular weight excluding hydrogens is 242 g/mol. The first kappa shape index (κ1) is 13.7. The number of carboxylic acid groups (broad SMARTS) is 1. The Balaban J connectivity index is 1.99. The first-order valence-electron chi connectivity index (χ1n) is 6.62. The third kappa shape index (κ3) is 3.41. The van der Waals surface area contributed by atoms with Gasteiger partial charge in [-0.2, -0.15) is 0 Å². The number of aliphatic carboxylic acids is 1. The molecule has 1 unspecified atom stereocenters. The van der Waals surface area contributed by atoms with Crippen molar-refractivity contribution in [3.8, 4) is 0 Å². The van der Waals surface area contributed by atoms with Crippen LogP contribution in [0.3, 0.4) is 0 Å². The van der Waals surface area contributed by atoms with Crippen LogP contribution in [-0.2, 0) is 4.79 Å². The first-order chi connectivity index (χ1) is 9.08. The normalized spacial score (nSPS) is 20.2. The molecule has 0 spiro atoms. The van der Waals surface area contributed by atoms with Gasteiger partial charge in [-0.05, 0) is 31.9 Å². The van der Waals surface area contributed by atoms with E-state index in [1.54, 1.807) is 0 Å². The monoisotopic (exact) mass is 261 g/mol. The number of likely N-dealkylation sites (tertiary alicyclic amines) is 1. The number of carbonyl (C=O) groups excluding carboxylic acids is 1. The molecule has 0 aliphatic carbocycles. The molecule has 19 heavy (non-hydrogen) atoms. The Bertz CT molecular complexity index is 484. The summed E-state index contributed by atoms with van der Waals surface area (Å²) in [5.41, 5.74) is 1.71. The molecule has 1 atom stereocenters. The Morgan fingerprint density at radius 2 is 2.11 bits per heavy atom. The molecule has 0 aromatic heterocycles. The van der Waals surface area contributed by atoms with Crippen LogP contribution in [-0.4, -0.2) is 41.4 Å². The third-order valence-electron chi connectivity index (χ3n) is 3.67. The number of ketones is 1. The minimum Gasteiger partial charge on any atom is -0.481 e. The number of carbonyl (C=O) groups is 2. The summed E-state index contributed by atoms with van der Waals surface area (Å²) >= 11 is 0. The molecule has 2 rings (SSSR count). The standard InChI is InChI=1S/C15H19NO3/c1-11-5-2-3-7-13(11)14(17)10-16-8-4-6-12(9-16)15(18)19/h2-3,5,7,12H,4,6,8-10H2,1H3,(H,18,19). The van der Waals surface area contributed by atoms with Crippen molar-refractivity contribution in [2.75, 3.05) is 19.6 Å². The SMILES string of the molecule is Cc1ccccc1C(=O)CN1CCCC(C(=O)O)C1. The molecule has 0 saturated carbocycles. The number of benzene rings is 1. The van der Waals surface area contributed by atoms with Gasteiger partial charge in [0, 0.05) is 12.1 Å². The highest BCUT2D eigenvalue weighted by Gasteiger charge is 2.26. The lowest BCUT2D eigenvalue weighted by molar-refractivity contribution is -0.143. The first-order valence-corrected chi connectivity index (χ1v) is 6.62. The number of nitrogens with zero attached hydrogens (tertiary/aromatic N) is 1. The Hall–Kier alpha value is -1.68. The van der Waals surface area contributed by atoms with Crippen LogP contribution >= 0.6 is 0 Å². The van der Waals surface area contributed by atoms with E-state index in [0.717, 1.165) is 24.1 Å². The molecule has 1 aliphatic heterocycles. The highest BCUT2D eigenvalue weighted by Crippen LogP contribution is 2.17. The summed E-state index contributed by atoms with van der Waals surface area (Å²) < 4.78 is 0. The molecule has 0 amide bonds. The number of piperidine rings is 1. The van der Waals surface area contributed by atoms with E-state index < -0.39 is 5.97 Å². The molecule has 4 nitrogen and oxygen atoms in total. The predicted molar refractivity (Wildman–Crippen MR) is 72.3 cm³/mol. The molecule has 1 N–H and O–H groups in total. The summed E-state index contributed by atoms with van der Waals surface area (Å²) in [6.45, 7) is 3.52. The molecule has 1 aliphatic rings. The van der Waals surface area contributed by atoms with Crippen LogP contribution in [0.25, 0.3) is 0 Å². The van der Waals surface area contributed by atoms with Crippen molar-refractivity contribution in [3.05, 3.63) is 35.4 Å². The Kier molecular flexibility index (Phi) is 4.32. The quantitative estimate of drug-likeness (QED) is 0.842. The average Bonchev–Trinajstić information content (AvgIpc) is 2.39. The number of rotatable bonds is 4. The van der Waals surface area contributed by atoms with Gasteiger partial charge in [0.2, 0.25) is 0 Å². The van der Waals surface area contributed by atoms with Crippen molar-refractivity contribution in [2.45, 2.75) is 19.8 Å². The van der Waals surface area contributed by atoms with Crippen LogP contribution in [0.15, 0.2) is 24.3 Å². The van der Waals surface area contributed by atoms with Crippen LogP contribution < -0.4 is 0 Å². The second-order valence-electron chi connectivity index (χ2n) is 5.15. The topological polar surface area (TPSA) is 57.6 Å². The number of Topliss-reactive ketones (excluding diaryl/α,β-unsaturated/α-hetero) is 1. The van der Waals surface area contributed by atoms with Gasteiger partial charge < -0.3 is 5.11 Å². The van der Waals surface area contributed by atoms with E-state index in [0.29, 0.717) is 19.5 Å². The van der Waals surface area contributed by atoms with E-state index in [9.17, 15) is 9.59 Å². The summed E-state index contributed by atoms with van der Waals surface area (Å²) in [5.74, 6) is -1.02. The predicted octanol–water partition coefficient (Wildman–Crippen LogP) is 1.97. The van der Waals surface area contributed by atoms with Crippen molar-refractivity contribution in [1.29, 1.82) is 0 Å². The Labute approximate surface area is 113 Å². The summed E-state index contributed by atoms with van der Waals surface area (Å²) in [4.78, 5) is 25.2. The van der Waals surface area contributed by atoms with Gasteiger partial charge >= 0.3 is 5.97 Å². The van der Waals surface area contributed by atoms with Crippen LogP contribution in [0.1, 0.15) is 28.8 Å². The smallest absolute Gasteiger partial charge is 0.307 e. The van der Waals surface area contributed by atoms with E-state index in [2.05, 4.69) is 0 Å². The number of aryl methyl sites for hydroxylation is 1. The summed E-state index contributed by atoms with van der Waals surface area (Å²) in [7, 11) is 0. The largest absolute Gasteiger partial charge is 0.481 e. The lowest BCUT2D eigenvalue weighted by Crippen LogP contribution is -2.41. The van der Waals surface area contributed by atoms with Crippen LogP contribution in [0.2, 0.25) is 0 Å². The maximum atomic E-state index is 12.2. The van der Waals surface area contributed by atoms with Gasteiger partial charge in [0.05, 0.1) is 12.5 Å². The molecule has 0 bridgehead atoms. The van der Waals surface area contributed by atoms with Gasteiger partial charge in [-0.15, -0.1) is 0 Å². The highest BCUT2D eigenvalue weighted by molar-refractivity contribution is 5.98. The highest BCUT2D eigenvalue weighted by atomic mass is 16.4. The van der Waals surface area contributed by atoms with E-state index in [1.165, 1.54) is 0 Å². The molecule has 102 valence electrons. The van der Waals surface area contributed by atoms with E-state index in [4.69, 9.17) is 5.11 Å². The van der Waals surface area contributed by atoms with Gasteiger partial charge in [0.25, 0.3) is 0 Å². The molecular formula is C15H19NO3. The number of carboxylic acids is 1. The zero-order chi connectivity index (χ0) is 13.8. The fraction of sp³-hybridized carbons (Fsp3) is 0.467. The molecule has 0 radical (unpaired) electrons. The zero-order valence-electron chi connectivity index (χ0n) is 11.1. The van der Waals surface area contributed by atoms with Crippen molar-refractivity contribution in [1.82, 2.24) is 4.90 Å². The van der Waals surface area contributed by atoms with Crippen molar-refractivity contribution in [2.24, 2.45) is 5.92 Å². The van der Waals surface area contributed by atoms with Crippen LogP contribution in [0, 0.1) is 12.8 Å².